The summed E-state index contributed by atoms with van der Waals surface area (Å²) in [7, 11) is -4.56. The van der Waals surface area contributed by atoms with Gasteiger partial charge in [0.1, 0.15) is 118 Å². The molecule has 0 atom stereocenters. The van der Waals surface area contributed by atoms with Gasteiger partial charge < -0.3 is 34.5 Å². The van der Waals surface area contributed by atoms with Gasteiger partial charge in [-0.1, -0.05) is 194 Å². The van der Waals surface area contributed by atoms with Gasteiger partial charge in [-0.3, -0.25) is 23.7 Å². The quantitative estimate of drug-likeness (QED) is 0.0527. The molecular weight excluding hydrogens is 2050 g/mol. The topological polar surface area (TPSA) is 26.3 Å². The molecule has 0 fully saturated rings. The van der Waals surface area contributed by atoms with Crippen LogP contribution in [0.5, 0.6) is 0 Å². The Balaban J connectivity index is 0.000000162. The normalized spacial score (nSPS) is 10.4. The van der Waals surface area contributed by atoms with Crippen molar-refractivity contribution in [2.75, 3.05) is 0 Å². The molecule has 0 amide bonds. The molecule has 2 heterocycles. The summed E-state index contributed by atoms with van der Waals surface area (Å²) in [6.45, 7) is 0. The van der Waals surface area contributed by atoms with E-state index in [9.17, 15) is 0 Å². The Morgan fingerprint density at radius 1 is 0.186 bits per heavy atom. The number of benzene rings is 14. The molecule has 16 rings (SSSR count). The fraction of sp³-hybridized carbons (Fsp3) is 0. The Kier molecular flexibility index (Phi) is 29.5. The molecule has 0 saturated heterocycles. The maximum Gasteiger partial charge on any atom is 1.00 e. The molecule has 2 aromatic heterocycles. The van der Waals surface area contributed by atoms with Crippen LogP contribution in [-0.4, -0.2) is 0 Å². The number of fused-ring (bicyclic) bond motifs is 6. The molecule has 0 aliphatic rings. The minimum atomic E-state index is -1.14. The fourth-order valence-electron chi connectivity index (χ4n) is 12.5. The zero-order valence-corrected chi connectivity index (χ0v) is 67.3. The summed E-state index contributed by atoms with van der Waals surface area (Å²) in [5, 5.41) is 21.3. The van der Waals surface area contributed by atoms with Crippen LogP contribution < -0.4 is 63.7 Å². The molecule has 504 valence electrons. The molecule has 0 saturated carbocycles. The standard InChI is InChI=1S/2C30H24P2.2C16H6O.4Au/c2*1-5-15-25(16-6-1)31(26-17-7-2-8-18-26)29-23-13-14-24-30(29)32(27-19-9-3-10-20-27)28-21-11-4-12-22-28;2*1-3-11-6-8-15-14(9-11)13-7-5-12(4-2)10-16(13)17-15;;;;/h2*1-24H;2*5-10H;;;;/q;;2*-2;4*+1/p+4. The second-order valence-corrected chi connectivity index (χ2v) is 32.8. The van der Waals surface area contributed by atoms with Gasteiger partial charge in [0.2, 0.25) is 0 Å². The first-order chi connectivity index (χ1) is 48.5. The Labute approximate surface area is 666 Å². The molecule has 0 bridgehead atoms. The zero-order valence-electron chi connectivity index (χ0n) is 54.7. The van der Waals surface area contributed by atoms with E-state index in [1.165, 1.54) is 63.7 Å². The molecule has 14 aromatic carbocycles. The van der Waals surface area contributed by atoms with E-state index in [1.54, 1.807) is 24.3 Å². The van der Waals surface area contributed by atoms with Crippen molar-refractivity contribution in [1.29, 1.82) is 0 Å². The first-order valence-electron chi connectivity index (χ1n) is 32.2. The Hall–Kier alpha value is -8.40. The van der Waals surface area contributed by atoms with Crippen LogP contribution in [-0.2, 0) is 89.5 Å². The predicted octanol–water partition coefficient (Wildman–Crippen LogP) is 16.2. The smallest absolute Gasteiger partial charge is 0.458 e. The van der Waals surface area contributed by atoms with Gasteiger partial charge in [0, 0.05) is 21.5 Å². The van der Waals surface area contributed by atoms with Gasteiger partial charge >= 0.3 is 89.5 Å². The third-order valence-electron chi connectivity index (χ3n) is 17.0. The van der Waals surface area contributed by atoms with Crippen LogP contribution >= 0.6 is 31.7 Å². The first-order valence-corrected chi connectivity index (χ1v) is 38.2. The first kappa shape index (κ1) is 77.8. The van der Waals surface area contributed by atoms with Gasteiger partial charge in [0.05, 0.1) is 0 Å². The van der Waals surface area contributed by atoms with Crippen molar-refractivity contribution in [3.05, 3.63) is 412 Å². The molecular formula is C92H64Au4O2P4+4. The van der Waals surface area contributed by atoms with Crippen LogP contribution in [0.25, 0.3) is 43.9 Å². The van der Waals surface area contributed by atoms with Crippen molar-refractivity contribution in [3.63, 3.8) is 0 Å². The summed E-state index contributed by atoms with van der Waals surface area (Å²) in [5.74, 6) is 9.39. The third kappa shape index (κ3) is 18.5. The van der Waals surface area contributed by atoms with E-state index < -0.39 is 31.7 Å². The van der Waals surface area contributed by atoms with Gasteiger partial charge in [-0.15, -0.1) is 58.7 Å². The second-order valence-electron chi connectivity index (χ2n) is 23.1. The van der Waals surface area contributed by atoms with Gasteiger partial charge in [0.25, 0.3) is 0 Å². The molecule has 0 N–H and O–H groups in total. The average molecular weight is 2110 g/mol. The van der Waals surface area contributed by atoms with Gasteiger partial charge in [-0.2, -0.15) is 0 Å². The van der Waals surface area contributed by atoms with Crippen LogP contribution in [0.1, 0.15) is 22.3 Å². The maximum absolute atomic E-state index is 7.13. The second kappa shape index (κ2) is 38.8. The van der Waals surface area contributed by atoms with Crippen LogP contribution in [0, 0.1) is 49.4 Å². The van der Waals surface area contributed by atoms with Gasteiger partial charge in [0.15, 0.2) is 0 Å². The van der Waals surface area contributed by atoms with Crippen LogP contribution in [0.4, 0.5) is 0 Å². The summed E-state index contributed by atoms with van der Waals surface area (Å²) in [4.78, 5) is 0. The van der Waals surface area contributed by atoms with E-state index in [-0.39, 0.29) is 89.5 Å². The SMILES string of the molecule is [Au+].[Au+].[Au+].[Au+].[C-]#Cc1ccc2c(c1)oc1ccc(C#[C-])cc12.[C-]#Cc1ccc2c(c1)oc1ccc(C#[C-])cc12.c1ccc([PH+](c2ccccc2)c2ccccc2[PH+](c2ccccc2)c2ccccc2)cc1.c1ccc([PH+](c2ccccc2)c2ccccc2[PH+](c2ccccc2)c2ccccc2)cc1. The molecule has 0 aliphatic heterocycles. The Morgan fingerprint density at radius 3 is 0.578 bits per heavy atom. The van der Waals surface area contributed by atoms with Gasteiger partial charge in [-0.25, -0.2) is 0 Å². The van der Waals surface area contributed by atoms with Crippen molar-refractivity contribution >= 4 is 139 Å². The minimum absolute atomic E-state index is 0. The van der Waals surface area contributed by atoms with Crippen molar-refractivity contribution in [3.8, 4) is 23.7 Å². The minimum Gasteiger partial charge on any atom is -0.458 e. The third-order valence-corrected chi connectivity index (χ3v) is 28.6. The van der Waals surface area contributed by atoms with Crippen LogP contribution in [0.3, 0.4) is 0 Å². The van der Waals surface area contributed by atoms with Crippen molar-refractivity contribution < 1.29 is 98.4 Å². The molecule has 102 heavy (non-hydrogen) atoms. The van der Waals surface area contributed by atoms with E-state index in [0.29, 0.717) is 11.1 Å². The molecule has 2 nitrogen and oxygen atoms in total. The molecule has 16 aromatic rings. The molecule has 10 heteroatoms. The maximum atomic E-state index is 7.13. The van der Waals surface area contributed by atoms with Gasteiger partial charge in [-0.05, 0) is 133 Å². The average Bonchev–Trinajstić information content (AvgIpc) is 1.37. The fourth-order valence-corrected chi connectivity index (χ4v) is 24.4. The van der Waals surface area contributed by atoms with Crippen LogP contribution in [0.15, 0.2) is 373 Å². The largest absolute Gasteiger partial charge is 1.00 e. The molecule has 0 aliphatic carbocycles. The number of hydrogen-bond donors (Lipinski definition) is 0. The van der Waals surface area contributed by atoms with E-state index in [4.69, 9.17) is 34.5 Å². The molecule has 0 radical (unpaired) electrons. The number of rotatable bonds is 12. The summed E-state index contributed by atoms with van der Waals surface area (Å²) < 4.78 is 11.4. The predicted molar refractivity (Wildman–Crippen MR) is 426 cm³/mol. The van der Waals surface area contributed by atoms with Crippen molar-refractivity contribution in [2.24, 2.45) is 0 Å². The van der Waals surface area contributed by atoms with E-state index in [2.05, 4.69) is 315 Å². The van der Waals surface area contributed by atoms with E-state index >= 15 is 0 Å². The summed E-state index contributed by atoms with van der Waals surface area (Å²) in [6, 6.07) is 129. The monoisotopic (exact) mass is 2110 g/mol. The summed E-state index contributed by atoms with van der Waals surface area (Å²) >= 11 is 0. The van der Waals surface area contributed by atoms with Crippen molar-refractivity contribution in [2.45, 2.75) is 0 Å². The summed E-state index contributed by atoms with van der Waals surface area (Å²) in [6.07, 6.45) is 28.4. The number of furan rings is 2. The molecule has 0 unspecified atom stereocenters. The Bertz CT molecular complexity index is 4810. The zero-order chi connectivity index (χ0) is 66.8. The van der Waals surface area contributed by atoms with E-state index in [1.807, 2.05) is 48.5 Å². The van der Waals surface area contributed by atoms with Crippen molar-refractivity contribution in [1.82, 2.24) is 0 Å². The summed E-state index contributed by atoms with van der Waals surface area (Å²) in [5.41, 5.74) is 5.86. The van der Waals surface area contributed by atoms with E-state index in [0.717, 1.165) is 55.0 Å². The Morgan fingerprint density at radius 2 is 0.373 bits per heavy atom. The number of hydrogen-bond acceptors (Lipinski definition) is 2. The van der Waals surface area contributed by atoms with Crippen LogP contribution in [0.2, 0.25) is 0 Å². The molecule has 0 spiro atoms.